The Morgan fingerprint density at radius 2 is 2.24 bits per heavy atom. The number of hydrogen-bond acceptors (Lipinski definition) is 6. The van der Waals surface area contributed by atoms with E-state index in [9.17, 15) is 19.7 Å². The van der Waals surface area contributed by atoms with E-state index < -0.39 is 22.6 Å². The van der Waals surface area contributed by atoms with Crippen molar-refractivity contribution in [1.82, 2.24) is 0 Å². The van der Waals surface area contributed by atoms with Crippen LogP contribution in [-0.4, -0.2) is 29.8 Å². The summed E-state index contributed by atoms with van der Waals surface area (Å²) in [6.45, 7) is 4.74. The number of amides is 2. The Morgan fingerprint density at radius 3 is 2.84 bits per heavy atom. The SMILES string of the molecule is CC[NH+]1CCc2c(sc(NC(=O)c3ccc([N+](=O)[O-])o3)c2C(N)=O)C1. The molecule has 0 radical (unpaired) electrons. The van der Waals surface area contributed by atoms with Gasteiger partial charge in [0.15, 0.2) is 5.76 Å². The molecule has 0 spiro atoms. The van der Waals surface area contributed by atoms with Gasteiger partial charge in [0.25, 0.3) is 11.8 Å². The van der Waals surface area contributed by atoms with E-state index in [2.05, 4.69) is 12.2 Å². The molecule has 1 aliphatic rings. The second-order valence-electron chi connectivity index (χ2n) is 5.70. The summed E-state index contributed by atoms with van der Waals surface area (Å²) in [5.41, 5.74) is 6.71. The Morgan fingerprint density at radius 1 is 1.48 bits per heavy atom. The van der Waals surface area contributed by atoms with E-state index in [4.69, 9.17) is 10.2 Å². The van der Waals surface area contributed by atoms with Gasteiger partial charge in [-0.15, -0.1) is 11.3 Å². The fraction of sp³-hybridized carbons (Fsp3) is 0.333. The van der Waals surface area contributed by atoms with E-state index >= 15 is 0 Å². The highest BCUT2D eigenvalue weighted by Gasteiger charge is 2.29. The number of rotatable bonds is 5. The molecule has 1 atom stereocenters. The lowest BCUT2D eigenvalue weighted by Gasteiger charge is -2.22. The largest absolute Gasteiger partial charge is 0.433 e. The Bertz CT molecular complexity index is 856. The molecule has 1 unspecified atom stereocenters. The highest BCUT2D eigenvalue weighted by atomic mass is 32.1. The lowest BCUT2D eigenvalue weighted by molar-refractivity contribution is -0.913. The normalized spacial score (nSPS) is 16.3. The number of carbonyl (C=O) groups excluding carboxylic acids is 2. The van der Waals surface area contributed by atoms with E-state index in [1.54, 1.807) is 0 Å². The maximum Gasteiger partial charge on any atom is 0.433 e. The van der Waals surface area contributed by atoms with Crippen molar-refractivity contribution in [1.29, 1.82) is 0 Å². The average Bonchev–Trinajstić information content (AvgIpc) is 3.18. The molecule has 2 amide bonds. The van der Waals surface area contributed by atoms with Gasteiger partial charge in [0, 0.05) is 6.42 Å². The minimum Gasteiger partial charge on any atom is -0.395 e. The topological polar surface area (TPSA) is 133 Å². The molecule has 0 fully saturated rings. The average molecular weight is 365 g/mol. The molecule has 1 aliphatic heterocycles. The van der Waals surface area contributed by atoms with E-state index in [0.717, 1.165) is 42.6 Å². The molecule has 0 bridgehead atoms. The molecule has 0 aliphatic carbocycles. The molecule has 2 aromatic rings. The first-order valence-electron chi connectivity index (χ1n) is 7.74. The summed E-state index contributed by atoms with van der Waals surface area (Å²) in [5.74, 6) is -1.98. The smallest absolute Gasteiger partial charge is 0.395 e. The number of nitrogens with one attached hydrogen (secondary N) is 2. The van der Waals surface area contributed by atoms with Crippen molar-refractivity contribution in [3.8, 4) is 0 Å². The molecule has 2 aromatic heterocycles. The van der Waals surface area contributed by atoms with E-state index in [0.29, 0.717) is 10.6 Å². The highest BCUT2D eigenvalue weighted by Crippen LogP contribution is 2.34. The number of quaternary nitrogens is 1. The van der Waals surface area contributed by atoms with Gasteiger partial charge in [0.2, 0.25) is 0 Å². The van der Waals surface area contributed by atoms with Gasteiger partial charge < -0.3 is 20.4 Å². The van der Waals surface area contributed by atoms with Gasteiger partial charge in [0.05, 0.1) is 29.6 Å². The van der Waals surface area contributed by atoms with E-state index in [1.165, 1.54) is 22.3 Å². The lowest BCUT2D eigenvalue weighted by atomic mass is 10.0. The van der Waals surface area contributed by atoms with Gasteiger partial charge in [-0.25, -0.2) is 0 Å². The van der Waals surface area contributed by atoms with Crippen LogP contribution in [0.4, 0.5) is 10.9 Å². The van der Waals surface area contributed by atoms with Crippen LogP contribution in [0.3, 0.4) is 0 Å². The van der Waals surface area contributed by atoms with Crippen molar-refractivity contribution in [3.05, 3.63) is 44.0 Å². The minimum atomic E-state index is -0.725. The predicted octanol–water partition coefficient (Wildman–Crippen LogP) is 0.561. The molecule has 3 rings (SSSR count). The number of primary amides is 1. The molecule has 25 heavy (non-hydrogen) atoms. The van der Waals surface area contributed by atoms with Crippen LogP contribution in [0.15, 0.2) is 16.5 Å². The Hall–Kier alpha value is -2.72. The van der Waals surface area contributed by atoms with Crippen molar-refractivity contribution in [2.24, 2.45) is 5.73 Å². The third kappa shape index (κ3) is 3.26. The fourth-order valence-corrected chi connectivity index (χ4v) is 4.22. The van der Waals surface area contributed by atoms with Crippen molar-refractivity contribution >= 4 is 34.0 Å². The van der Waals surface area contributed by atoms with Crippen LogP contribution >= 0.6 is 11.3 Å². The maximum absolute atomic E-state index is 12.3. The number of nitrogens with two attached hydrogens (primary N) is 1. The van der Waals surface area contributed by atoms with Crippen LogP contribution in [0.25, 0.3) is 0 Å². The fourth-order valence-electron chi connectivity index (χ4n) is 2.90. The summed E-state index contributed by atoms with van der Waals surface area (Å²) < 4.78 is 4.89. The maximum atomic E-state index is 12.3. The van der Waals surface area contributed by atoms with Gasteiger partial charge in [-0.3, -0.25) is 19.7 Å². The number of furan rings is 1. The first kappa shape index (κ1) is 17.1. The third-order valence-corrected chi connectivity index (χ3v) is 5.35. The Labute approximate surface area is 146 Å². The monoisotopic (exact) mass is 365 g/mol. The van der Waals surface area contributed by atoms with Gasteiger partial charge in [-0.1, -0.05) is 0 Å². The number of carbonyl (C=O) groups is 2. The highest BCUT2D eigenvalue weighted by molar-refractivity contribution is 7.17. The van der Waals surface area contributed by atoms with Gasteiger partial charge in [-0.2, -0.15) is 0 Å². The molecule has 0 saturated heterocycles. The molecular weight excluding hydrogens is 348 g/mol. The van der Waals surface area contributed by atoms with Gasteiger partial charge in [0.1, 0.15) is 16.5 Å². The summed E-state index contributed by atoms with van der Waals surface area (Å²) in [7, 11) is 0. The summed E-state index contributed by atoms with van der Waals surface area (Å²) in [6, 6.07) is 2.32. The standard InChI is InChI=1S/C15H16N4O5S/c1-2-18-6-5-8-10(7-18)25-15(12(8)13(16)20)17-14(21)9-3-4-11(24-9)19(22)23/h3-4H,2,5-7H2,1H3,(H2,16,20)(H,17,21)/p+1. The second kappa shape index (κ2) is 6.65. The molecule has 132 valence electrons. The first-order chi connectivity index (χ1) is 11.9. The first-order valence-corrected chi connectivity index (χ1v) is 8.55. The van der Waals surface area contributed by atoms with Gasteiger partial charge >= 0.3 is 5.88 Å². The van der Waals surface area contributed by atoms with Crippen molar-refractivity contribution < 1.29 is 23.8 Å². The van der Waals surface area contributed by atoms with Crippen molar-refractivity contribution in [2.45, 2.75) is 19.9 Å². The van der Waals surface area contributed by atoms with Crippen LogP contribution < -0.4 is 16.0 Å². The van der Waals surface area contributed by atoms with E-state index in [1.807, 2.05) is 0 Å². The van der Waals surface area contributed by atoms with Crippen LogP contribution in [0.1, 0.15) is 38.3 Å². The molecular formula is C15H17N4O5S+. The number of likely N-dealkylation sites (N-methyl/N-ethyl adjacent to an activating group) is 1. The van der Waals surface area contributed by atoms with E-state index in [-0.39, 0.29) is 5.76 Å². The molecule has 0 saturated carbocycles. The molecule has 0 aromatic carbocycles. The number of fused-ring (bicyclic) bond motifs is 1. The Kier molecular flexibility index (Phi) is 4.55. The molecule has 10 heteroatoms. The Balaban J connectivity index is 1.89. The van der Waals surface area contributed by atoms with Crippen LogP contribution in [0, 0.1) is 10.1 Å². The quantitative estimate of drug-likeness (QED) is 0.526. The van der Waals surface area contributed by atoms with Crippen molar-refractivity contribution in [2.75, 3.05) is 18.4 Å². The second-order valence-corrected chi connectivity index (χ2v) is 6.81. The summed E-state index contributed by atoms with van der Waals surface area (Å²) >= 11 is 1.32. The summed E-state index contributed by atoms with van der Waals surface area (Å²) in [5, 5.41) is 13.6. The van der Waals surface area contributed by atoms with Crippen LogP contribution in [-0.2, 0) is 13.0 Å². The van der Waals surface area contributed by atoms with Crippen molar-refractivity contribution in [3.63, 3.8) is 0 Å². The lowest BCUT2D eigenvalue weighted by Crippen LogP contribution is -3.11. The third-order valence-electron chi connectivity index (χ3n) is 4.20. The molecule has 4 N–H and O–H groups in total. The zero-order valence-electron chi connectivity index (χ0n) is 13.5. The predicted molar refractivity (Wildman–Crippen MR) is 89.9 cm³/mol. The number of hydrogen-bond donors (Lipinski definition) is 3. The number of nitro groups is 1. The zero-order chi connectivity index (χ0) is 18.1. The number of nitrogens with zero attached hydrogens (tertiary/aromatic N) is 1. The van der Waals surface area contributed by atoms with Crippen LogP contribution in [0.2, 0.25) is 0 Å². The minimum absolute atomic E-state index is 0.200. The number of thiophene rings is 1. The molecule has 9 nitrogen and oxygen atoms in total. The summed E-state index contributed by atoms with van der Waals surface area (Å²) in [6.07, 6.45) is 0.718. The van der Waals surface area contributed by atoms with Gasteiger partial charge in [-0.05, 0) is 18.6 Å². The van der Waals surface area contributed by atoms with Crippen LogP contribution in [0.5, 0.6) is 0 Å². The number of anilines is 1. The molecule has 3 heterocycles. The zero-order valence-corrected chi connectivity index (χ0v) is 14.3. The summed E-state index contributed by atoms with van der Waals surface area (Å²) in [4.78, 5) is 36.5.